The summed E-state index contributed by atoms with van der Waals surface area (Å²) in [5.41, 5.74) is -0.0605. The zero-order chi connectivity index (χ0) is 15.1. The van der Waals surface area contributed by atoms with E-state index in [0.717, 1.165) is 6.07 Å². The molecule has 7 heteroatoms. The van der Waals surface area contributed by atoms with Crippen LogP contribution in [0.5, 0.6) is 5.75 Å². The van der Waals surface area contributed by atoms with Crippen LogP contribution in [-0.2, 0) is 9.53 Å². The fourth-order valence-corrected chi connectivity index (χ4v) is 1.55. The Balaban J connectivity index is 2.75. The monoisotopic (exact) mass is 317 g/mol. The van der Waals surface area contributed by atoms with Crippen molar-refractivity contribution in [2.24, 2.45) is 4.99 Å². The smallest absolute Gasteiger partial charge is 0.344 e. The summed E-state index contributed by atoms with van der Waals surface area (Å²) in [6, 6.07) is 2.27. The van der Waals surface area contributed by atoms with Gasteiger partial charge in [-0.2, -0.15) is 4.99 Å². The summed E-state index contributed by atoms with van der Waals surface area (Å²) in [6.45, 7) is 3.34. The highest BCUT2D eigenvalue weighted by Crippen LogP contribution is 2.31. The predicted octanol–water partition coefficient (Wildman–Crippen LogP) is 3.93. The Morgan fingerprint density at radius 3 is 2.90 bits per heavy atom. The molecule has 0 aromatic heterocycles. The number of thiocarbonyl (C=S) groups is 1. The van der Waals surface area contributed by atoms with Crippen LogP contribution in [-0.4, -0.2) is 23.8 Å². The molecule has 0 amide bonds. The van der Waals surface area contributed by atoms with Gasteiger partial charge in [0, 0.05) is 6.07 Å². The summed E-state index contributed by atoms with van der Waals surface area (Å²) >= 11 is 10.2. The van der Waals surface area contributed by atoms with E-state index >= 15 is 0 Å². The van der Waals surface area contributed by atoms with Crippen LogP contribution in [0, 0.1) is 5.82 Å². The number of carbonyl (C=O) groups is 1. The summed E-state index contributed by atoms with van der Waals surface area (Å²) in [7, 11) is 0. The molecular formula is C13H13ClFNO3S. The Hall–Kier alpha value is -1.49. The van der Waals surface area contributed by atoms with Gasteiger partial charge in [0.25, 0.3) is 0 Å². The second-order valence-corrected chi connectivity index (χ2v) is 4.52. The standard InChI is InChI=1S/C13H13ClFNO3S/c1-3-8(2)19-13(17)6-18-12-5-11(16-7-20)10(15)4-9(12)14/h4-5,8H,3,6H2,1-2H3. The number of benzene rings is 1. The van der Waals surface area contributed by atoms with Gasteiger partial charge in [-0.1, -0.05) is 18.5 Å². The highest BCUT2D eigenvalue weighted by molar-refractivity contribution is 7.78. The van der Waals surface area contributed by atoms with E-state index in [-0.39, 0.29) is 29.2 Å². The summed E-state index contributed by atoms with van der Waals surface area (Å²) in [5, 5.41) is 2.08. The zero-order valence-electron chi connectivity index (χ0n) is 11.0. The topological polar surface area (TPSA) is 47.9 Å². The van der Waals surface area contributed by atoms with E-state index < -0.39 is 11.8 Å². The van der Waals surface area contributed by atoms with Gasteiger partial charge in [-0.05, 0) is 31.6 Å². The average Bonchev–Trinajstić information content (AvgIpc) is 2.40. The molecule has 0 bridgehead atoms. The second-order valence-electron chi connectivity index (χ2n) is 3.93. The maximum Gasteiger partial charge on any atom is 0.344 e. The van der Waals surface area contributed by atoms with Crippen molar-refractivity contribution in [2.75, 3.05) is 6.61 Å². The highest BCUT2D eigenvalue weighted by atomic mass is 35.5. The molecule has 0 aliphatic carbocycles. The van der Waals surface area contributed by atoms with Crippen LogP contribution in [0.25, 0.3) is 0 Å². The minimum atomic E-state index is -0.651. The van der Waals surface area contributed by atoms with E-state index in [0.29, 0.717) is 6.42 Å². The average molecular weight is 318 g/mol. The van der Waals surface area contributed by atoms with Crippen LogP contribution >= 0.6 is 23.8 Å². The van der Waals surface area contributed by atoms with Crippen molar-refractivity contribution in [1.29, 1.82) is 0 Å². The molecule has 0 spiro atoms. The van der Waals surface area contributed by atoms with Gasteiger partial charge in [-0.15, -0.1) is 0 Å². The van der Waals surface area contributed by atoms with E-state index in [1.807, 2.05) is 12.1 Å². The molecule has 0 fully saturated rings. The molecule has 0 aliphatic heterocycles. The van der Waals surface area contributed by atoms with Crippen molar-refractivity contribution in [3.8, 4) is 5.75 Å². The van der Waals surface area contributed by atoms with Gasteiger partial charge >= 0.3 is 5.97 Å². The molecule has 0 saturated heterocycles. The number of aliphatic imine (C=N–C) groups is 1. The first kappa shape index (κ1) is 16.6. The largest absolute Gasteiger partial charge is 0.480 e. The SMILES string of the molecule is CCC(C)OC(=O)COc1cc(N=C=S)c(F)cc1Cl. The van der Waals surface area contributed by atoms with Crippen LogP contribution in [0.3, 0.4) is 0 Å². The molecule has 4 nitrogen and oxygen atoms in total. The summed E-state index contributed by atoms with van der Waals surface area (Å²) < 4.78 is 23.6. The molecule has 108 valence electrons. The number of rotatable bonds is 6. The first-order valence-electron chi connectivity index (χ1n) is 5.87. The third-order valence-electron chi connectivity index (χ3n) is 2.42. The first-order chi connectivity index (χ1) is 9.47. The molecule has 1 rings (SSSR count). The lowest BCUT2D eigenvalue weighted by Crippen LogP contribution is -2.20. The molecule has 0 aliphatic rings. The van der Waals surface area contributed by atoms with Gasteiger partial charge in [-0.25, -0.2) is 9.18 Å². The molecule has 0 heterocycles. The fraction of sp³-hybridized carbons (Fsp3) is 0.385. The van der Waals surface area contributed by atoms with Crippen molar-refractivity contribution >= 4 is 40.6 Å². The number of hydrogen-bond acceptors (Lipinski definition) is 5. The van der Waals surface area contributed by atoms with Gasteiger partial charge in [0.2, 0.25) is 0 Å². The molecule has 0 radical (unpaired) electrons. The Kier molecular flexibility index (Phi) is 6.58. The van der Waals surface area contributed by atoms with Gasteiger partial charge in [-0.3, -0.25) is 0 Å². The van der Waals surface area contributed by atoms with Gasteiger partial charge < -0.3 is 9.47 Å². The van der Waals surface area contributed by atoms with Gasteiger partial charge in [0.15, 0.2) is 12.4 Å². The van der Waals surface area contributed by atoms with Crippen molar-refractivity contribution in [3.05, 3.63) is 23.0 Å². The third-order valence-corrected chi connectivity index (χ3v) is 2.81. The second kappa shape index (κ2) is 7.94. The van der Waals surface area contributed by atoms with E-state index in [1.165, 1.54) is 6.07 Å². The van der Waals surface area contributed by atoms with Crippen LogP contribution in [0.15, 0.2) is 17.1 Å². The normalized spacial score (nSPS) is 11.4. The number of halogens is 2. The fourth-order valence-electron chi connectivity index (χ4n) is 1.24. The number of hydrogen-bond donors (Lipinski definition) is 0. The summed E-state index contributed by atoms with van der Waals surface area (Å²) in [4.78, 5) is 15.0. The van der Waals surface area contributed by atoms with E-state index in [9.17, 15) is 9.18 Å². The highest BCUT2D eigenvalue weighted by Gasteiger charge is 2.13. The molecule has 1 aromatic rings. The Labute approximate surface area is 126 Å². The molecular weight excluding hydrogens is 305 g/mol. The number of isothiocyanates is 1. The van der Waals surface area contributed by atoms with Crippen molar-refractivity contribution < 1.29 is 18.7 Å². The van der Waals surface area contributed by atoms with Crippen molar-refractivity contribution in [1.82, 2.24) is 0 Å². The minimum absolute atomic E-state index is 0.0298. The first-order valence-corrected chi connectivity index (χ1v) is 6.65. The van der Waals surface area contributed by atoms with Crippen LogP contribution in [0.2, 0.25) is 5.02 Å². The van der Waals surface area contributed by atoms with E-state index in [4.69, 9.17) is 21.1 Å². The Morgan fingerprint density at radius 1 is 1.60 bits per heavy atom. The number of esters is 1. The predicted molar refractivity (Wildman–Crippen MR) is 77.4 cm³/mol. The summed E-state index contributed by atoms with van der Waals surface area (Å²) in [6.07, 6.45) is 0.515. The van der Waals surface area contributed by atoms with Gasteiger partial charge in [0.05, 0.1) is 16.3 Å². The Bertz CT molecular complexity index is 547. The third kappa shape index (κ3) is 4.89. The molecule has 20 heavy (non-hydrogen) atoms. The quantitative estimate of drug-likeness (QED) is 0.453. The van der Waals surface area contributed by atoms with Crippen molar-refractivity contribution in [2.45, 2.75) is 26.4 Å². The molecule has 1 atom stereocenters. The van der Waals surface area contributed by atoms with Crippen molar-refractivity contribution in [3.63, 3.8) is 0 Å². The van der Waals surface area contributed by atoms with Crippen LogP contribution < -0.4 is 4.74 Å². The lowest BCUT2D eigenvalue weighted by molar-refractivity contribution is -0.150. The number of nitrogens with zero attached hydrogens (tertiary/aromatic N) is 1. The minimum Gasteiger partial charge on any atom is -0.480 e. The number of ether oxygens (including phenoxy) is 2. The molecule has 1 unspecified atom stereocenters. The maximum atomic E-state index is 13.4. The number of carbonyl (C=O) groups excluding carboxylic acids is 1. The maximum absolute atomic E-state index is 13.4. The lowest BCUT2D eigenvalue weighted by Gasteiger charge is -2.12. The Morgan fingerprint density at radius 2 is 2.30 bits per heavy atom. The van der Waals surface area contributed by atoms with Crippen LogP contribution in [0.1, 0.15) is 20.3 Å². The summed E-state index contributed by atoms with van der Waals surface area (Å²) in [5.74, 6) is -1.06. The molecule has 0 N–H and O–H groups in total. The van der Waals surface area contributed by atoms with Crippen LogP contribution in [0.4, 0.5) is 10.1 Å². The van der Waals surface area contributed by atoms with Gasteiger partial charge in [0.1, 0.15) is 11.4 Å². The lowest BCUT2D eigenvalue weighted by atomic mass is 10.3. The van der Waals surface area contributed by atoms with E-state index in [1.54, 1.807) is 6.92 Å². The molecule has 1 aromatic carbocycles. The van der Waals surface area contributed by atoms with E-state index in [2.05, 4.69) is 17.2 Å². The zero-order valence-corrected chi connectivity index (χ0v) is 12.6. The molecule has 0 saturated carbocycles.